The smallest absolute Gasteiger partial charge is 0.295 e. The number of likely N-dealkylation sites (tertiary alicyclic amines) is 1. The van der Waals surface area contributed by atoms with E-state index in [1.54, 1.807) is 0 Å². The average Bonchev–Trinajstić information content (AvgIpc) is 3.31. The van der Waals surface area contributed by atoms with Crippen molar-refractivity contribution in [1.29, 1.82) is 0 Å². The topological polar surface area (TPSA) is 60.9 Å². The summed E-state index contributed by atoms with van der Waals surface area (Å²) in [5.41, 5.74) is 0.364. The third-order valence-corrected chi connectivity index (χ3v) is 5.95. The number of aliphatic hydroxyl groups excluding tert-OH is 1. The number of halogens is 1. The van der Waals surface area contributed by atoms with Gasteiger partial charge in [0.05, 0.1) is 11.6 Å². The average molecular weight is 402 g/mol. The second kappa shape index (κ2) is 8.67. The molecule has 1 amide bonds. The highest BCUT2D eigenvalue weighted by molar-refractivity contribution is 7.10. The van der Waals surface area contributed by atoms with E-state index in [1.165, 1.54) is 40.5 Å². The maximum Gasteiger partial charge on any atom is 0.295 e. The van der Waals surface area contributed by atoms with E-state index >= 15 is 0 Å². The summed E-state index contributed by atoms with van der Waals surface area (Å²) in [5.74, 6) is -2.04. The fourth-order valence-corrected chi connectivity index (χ4v) is 4.25. The number of thiophene rings is 1. The molecule has 0 radical (unpaired) electrons. The van der Waals surface area contributed by atoms with Crippen LogP contribution < -0.4 is 0 Å². The first-order valence-electron chi connectivity index (χ1n) is 9.28. The molecule has 1 fully saturated rings. The summed E-state index contributed by atoms with van der Waals surface area (Å²) in [4.78, 5) is 30.1. The van der Waals surface area contributed by atoms with Gasteiger partial charge in [-0.3, -0.25) is 9.59 Å². The number of carbonyl (C=O) groups excluding carboxylic acids is 2. The molecule has 0 unspecified atom stereocenters. The van der Waals surface area contributed by atoms with Gasteiger partial charge in [-0.05, 0) is 48.8 Å². The minimum absolute atomic E-state index is 0.0543. The maximum atomic E-state index is 13.2. The van der Waals surface area contributed by atoms with E-state index in [-0.39, 0.29) is 11.3 Å². The zero-order chi connectivity index (χ0) is 20.3. The zero-order valence-corrected chi connectivity index (χ0v) is 16.7. The van der Waals surface area contributed by atoms with Crippen LogP contribution in [0.4, 0.5) is 4.39 Å². The predicted molar refractivity (Wildman–Crippen MR) is 108 cm³/mol. The van der Waals surface area contributed by atoms with Crippen LogP contribution in [0.5, 0.6) is 0 Å². The van der Waals surface area contributed by atoms with Crippen LogP contribution in [0.2, 0.25) is 0 Å². The van der Waals surface area contributed by atoms with Gasteiger partial charge in [-0.1, -0.05) is 19.9 Å². The van der Waals surface area contributed by atoms with Crippen LogP contribution in [-0.2, 0) is 9.59 Å². The number of nitrogens with zero attached hydrogens (tertiary/aromatic N) is 2. The fraction of sp³-hybridized carbons (Fsp3) is 0.333. The number of ketones is 1. The molecule has 1 aliphatic rings. The Labute approximate surface area is 167 Å². The van der Waals surface area contributed by atoms with Gasteiger partial charge in [-0.25, -0.2) is 4.39 Å². The van der Waals surface area contributed by atoms with E-state index in [9.17, 15) is 19.1 Å². The summed E-state index contributed by atoms with van der Waals surface area (Å²) in [7, 11) is 0. The van der Waals surface area contributed by atoms with E-state index in [1.807, 2.05) is 31.4 Å². The highest BCUT2D eigenvalue weighted by Crippen LogP contribution is 2.40. The van der Waals surface area contributed by atoms with Crippen molar-refractivity contribution < 1.29 is 19.1 Å². The standard InChI is InChI=1S/C21H23FN2O3S/c1-3-23(4-2)11-12-24-18(16-6-5-13-28-16)17(20(26)21(24)27)19(25)14-7-9-15(22)10-8-14/h5-10,13,18,25H,3-4,11-12H2,1-2H3/b19-17+/t18-/m0/s1. The molecule has 148 valence electrons. The monoisotopic (exact) mass is 402 g/mol. The first-order valence-corrected chi connectivity index (χ1v) is 10.2. The molecule has 1 aliphatic heterocycles. The Morgan fingerprint density at radius 1 is 1.18 bits per heavy atom. The van der Waals surface area contributed by atoms with E-state index in [2.05, 4.69) is 4.90 Å². The number of amides is 1. The van der Waals surface area contributed by atoms with Gasteiger partial charge >= 0.3 is 0 Å². The van der Waals surface area contributed by atoms with Crippen molar-refractivity contribution in [2.75, 3.05) is 26.2 Å². The SMILES string of the molecule is CCN(CC)CCN1C(=O)C(=O)/C(=C(/O)c2ccc(F)cc2)[C@@H]1c1cccs1. The van der Waals surface area contributed by atoms with Crippen molar-refractivity contribution in [3.8, 4) is 0 Å². The van der Waals surface area contributed by atoms with Crippen molar-refractivity contribution >= 4 is 28.8 Å². The molecular formula is C21H23FN2O3S. The number of likely N-dealkylation sites (N-methyl/N-ethyl adjacent to an activating group) is 1. The molecule has 1 saturated heterocycles. The number of carbonyl (C=O) groups is 2. The lowest BCUT2D eigenvalue weighted by Crippen LogP contribution is -2.37. The molecule has 1 N–H and O–H groups in total. The van der Waals surface area contributed by atoms with Crippen LogP contribution in [0.1, 0.15) is 30.3 Å². The van der Waals surface area contributed by atoms with Crippen LogP contribution in [0.25, 0.3) is 5.76 Å². The second-order valence-electron chi connectivity index (χ2n) is 6.54. The molecule has 5 nitrogen and oxygen atoms in total. The summed E-state index contributed by atoms with van der Waals surface area (Å²) < 4.78 is 13.2. The molecule has 1 aromatic heterocycles. The van der Waals surface area contributed by atoms with Crippen molar-refractivity contribution in [2.24, 2.45) is 0 Å². The number of Topliss-reactive ketones (excluding diaryl/α,β-unsaturated/α-hetero) is 1. The molecule has 1 aromatic carbocycles. The van der Waals surface area contributed by atoms with Crippen LogP contribution in [0.3, 0.4) is 0 Å². The van der Waals surface area contributed by atoms with E-state index in [0.717, 1.165) is 18.0 Å². The highest BCUT2D eigenvalue weighted by Gasteiger charge is 2.46. The Bertz CT molecular complexity index is 874. The van der Waals surface area contributed by atoms with Gasteiger partial charge in [0, 0.05) is 23.5 Å². The Morgan fingerprint density at radius 3 is 2.43 bits per heavy atom. The van der Waals surface area contributed by atoms with Crippen molar-refractivity contribution in [3.05, 3.63) is 63.6 Å². The molecule has 28 heavy (non-hydrogen) atoms. The van der Waals surface area contributed by atoms with Crippen LogP contribution >= 0.6 is 11.3 Å². The number of hydrogen-bond acceptors (Lipinski definition) is 5. The molecular weight excluding hydrogens is 379 g/mol. The molecule has 2 heterocycles. The van der Waals surface area contributed by atoms with Gasteiger partial charge in [-0.15, -0.1) is 11.3 Å². The summed E-state index contributed by atoms with van der Waals surface area (Å²) in [6.07, 6.45) is 0. The Balaban J connectivity index is 2.03. The minimum atomic E-state index is -0.709. The third-order valence-electron chi connectivity index (χ3n) is 5.02. The molecule has 7 heteroatoms. The number of benzene rings is 1. The lowest BCUT2D eigenvalue weighted by atomic mass is 10.00. The summed E-state index contributed by atoms with van der Waals surface area (Å²) >= 11 is 1.43. The second-order valence-corrected chi connectivity index (χ2v) is 7.52. The Kier molecular flexibility index (Phi) is 6.26. The summed E-state index contributed by atoms with van der Waals surface area (Å²) in [6.45, 7) is 6.80. The van der Waals surface area contributed by atoms with Gasteiger partial charge in [-0.2, -0.15) is 0 Å². The lowest BCUT2D eigenvalue weighted by molar-refractivity contribution is -0.140. The summed E-state index contributed by atoms with van der Waals surface area (Å²) in [6, 6.07) is 8.29. The first kappa shape index (κ1) is 20.2. The Morgan fingerprint density at radius 2 is 1.86 bits per heavy atom. The normalized spacial score (nSPS) is 19.0. The number of rotatable bonds is 7. The minimum Gasteiger partial charge on any atom is -0.507 e. The molecule has 0 saturated carbocycles. The largest absolute Gasteiger partial charge is 0.507 e. The number of hydrogen-bond donors (Lipinski definition) is 1. The van der Waals surface area contributed by atoms with Crippen molar-refractivity contribution in [1.82, 2.24) is 9.80 Å². The third kappa shape index (κ3) is 3.86. The van der Waals surface area contributed by atoms with Gasteiger partial charge in [0.2, 0.25) is 0 Å². The van der Waals surface area contributed by atoms with Gasteiger partial charge in [0.1, 0.15) is 11.6 Å². The summed E-state index contributed by atoms with van der Waals surface area (Å²) in [5, 5.41) is 12.7. The predicted octanol–water partition coefficient (Wildman–Crippen LogP) is 3.65. The van der Waals surface area contributed by atoms with Crippen LogP contribution in [-0.4, -0.2) is 52.8 Å². The molecule has 0 bridgehead atoms. The zero-order valence-electron chi connectivity index (χ0n) is 15.9. The Hall–Kier alpha value is -2.51. The molecule has 0 spiro atoms. The maximum absolute atomic E-state index is 13.2. The van der Waals surface area contributed by atoms with Crippen molar-refractivity contribution in [3.63, 3.8) is 0 Å². The van der Waals surface area contributed by atoms with Gasteiger partial charge < -0.3 is 14.9 Å². The van der Waals surface area contributed by atoms with E-state index in [4.69, 9.17) is 0 Å². The van der Waals surface area contributed by atoms with Crippen LogP contribution in [0.15, 0.2) is 47.4 Å². The molecule has 3 rings (SSSR count). The lowest BCUT2D eigenvalue weighted by Gasteiger charge is -2.27. The first-order chi connectivity index (χ1) is 13.5. The van der Waals surface area contributed by atoms with E-state index < -0.39 is 23.5 Å². The van der Waals surface area contributed by atoms with Gasteiger partial charge in [0.25, 0.3) is 11.7 Å². The van der Waals surface area contributed by atoms with Crippen LogP contribution in [0, 0.1) is 5.82 Å². The quantitative estimate of drug-likeness (QED) is 0.436. The number of aliphatic hydroxyl groups is 1. The van der Waals surface area contributed by atoms with Gasteiger partial charge in [0.15, 0.2) is 0 Å². The molecule has 2 aromatic rings. The fourth-order valence-electron chi connectivity index (χ4n) is 3.41. The van der Waals surface area contributed by atoms with Crippen molar-refractivity contribution in [2.45, 2.75) is 19.9 Å². The van der Waals surface area contributed by atoms with E-state index in [0.29, 0.717) is 18.7 Å². The highest BCUT2D eigenvalue weighted by atomic mass is 32.1. The molecule has 0 aliphatic carbocycles. The molecule has 1 atom stereocenters.